The minimum Gasteiger partial charge on any atom is -0.355 e. The number of sulfonamides is 1. The van der Waals surface area contributed by atoms with Crippen LogP contribution in [0.25, 0.3) is 0 Å². The average Bonchev–Trinajstić information content (AvgIpc) is 3.22. The third-order valence-corrected chi connectivity index (χ3v) is 9.64. The smallest absolute Gasteiger partial charge is 0.266 e. The molecule has 1 aromatic rings. The molecule has 2 fully saturated rings. The molecule has 1 amide bonds. The number of amides is 1. The Bertz CT molecular complexity index is 1030. The molecule has 34 heavy (non-hydrogen) atoms. The highest BCUT2D eigenvalue weighted by atomic mass is 32.2. The summed E-state index contributed by atoms with van der Waals surface area (Å²) in [6.45, 7) is 5.71. The highest BCUT2D eigenvalue weighted by Gasteiger charge is 2.39. The Morgan fingerprint density at radius 1 is 1.12 bits per heavy atom. The SMILES string of the molecule is CC1CCC(N2CCN(S(=O)(=O)c3ccc(CCNC(=O)C4(C)CC=CCC4)cc3)C2=N)CC1. The number of hydrogen-bond donors (Lipinski definition) is 2. The Morgan fingerprint density at radius 2 is 1.82 bits per heavy atom. The Hall–Kier alpha value is -2.35. The Labute approximate surface area is 204 Å². The second-order valence-electron chi connectivity index (χ2n) is 10.4. The number of carbonyl (C=O) groups is 1. The van der Waals surface area contributed by atoms with Crippen LogP contribution in [-0.4, -0.2) is 55.2 Å². The maximum Gasteiger partial charge on any atom is 0.266 e. The lowest BCUT2D eigenvalue weighted by atomic mass is 9.78. The van der Waals surface area contributed by atoms with Crippen LogP contribution in [-0.2, 0) is 21.2 Å². The van der Waals surface area contributed by atoms with Crippen molar-refractivity contribution >= 4 is 21.9 Å². The fourth-order valence-electron chi connectivity index (χ4n) is 5.36. The molecule has 1 heterocycles. The molecule has 0 aromatic heterocycles. The molecule has 2 N–H and O–H groups in total. The molecule has 1 aliphatic heterocycles. The molecule has 7 nitrogen and oxygen atoms in total. The van der Waals surface area contributed by atoms with Crippen LogP contribution in [0.4, 0.5) is 0 Å². The van der Waals surface area contributed by atoms with E-state index < -0.39 is 10.0 Å². The van der Waals surface area contributed by atoms with Gasteiger partial charge in [0.05, 0.1) is 16.9 Å². The van der Waals surface area contributed by atoms with Crippen molar-refractivity contribution in [3.05, 3.63) is 42.0 Å². The van der Waals surface area contributed by atoms with Gasteiger partial charge < -0.3 is 10.2 Å². The van der Waals surface area contributed by atoms with Gasteiger partial charge in [0, 0.05) is 19.1 Å². The van der Waals surface area contributed by atoms with Crippen LogP contribution < -0.4 is 5.32 Å². The number of allylic oxidation sites excluding steroid dienone is 2. The van der Waals surface area contributed by atoms with Crippen molar-refractivity contribution in [1.82, 2.24) is 14.5 Å². The normalized spacial score (nSPS) is 27.8. The van der Waals surface area contributed by atoms with Gasteiger partial charge in [0.1, 0.15) is 0 Å². The van der Waals surface area contributed by atoms with Crippen LogP contribution in [0.15, 0.2) is 41.3 Å². The summed E-state index contributed by atoms with van der Waals surface area (Å²) in [6, 6.07) is 7.14. The predicted octanol–water partition coefficient (Wildman–Crippen LogP) is 3.91. The molecular weight excluding hydrogens is 448 g/mol. The molecule has 0 radical (unpaired) electrons. The molecule has 4 rings (SSSR count). The zero-order valence-corrected chi connectivity index (χ0v) is 21.2. The van der Waals surface area contributed by atoms with Crippen molar-refractivity contribution < 1.29 is 13.2 Å². The van der Waals surface area contributed by atoms with Crippen molar-refractivity contribution in [2.75, 3.05) is 19.6 Å². The third-order valence-electron chi connectivity index (χ3n) is 7.84. The van der Waals surface area contributed by atoms with Gasteiger partial charge in [0.15, 0.2) is 0 Å². The van der Waals surface area contributed by atoms with Crippen molar-refractivity contribution in [1.29, 1.82) is 5.41 Å². The first-order valence-corrected chi connectivity index (χ1v) is 14.0. The van der Waals surface area contributed by atoms with Gasteiger partial charge >= 0.3 is 0 Å². The molecule has 186 valence electrons. The quantitative estimate of drug-likeness (QED) is 0.572. The summed E-state index contributed by atoms with van der Waals surface area (Å²) in [5.74, 6) is 0.908. The zero-order valence-electron chi connectivity index (χ0n) is 20.4. The van der Waals surface area contributed by atoms with Gasteiger partial charge in [-0.05, 0) is 75.0 Å². The number of carbonyl (C=O) groups excluding carboxylic acids is 1. The van der Waals surface area contributed by atoms with Gasteiger partial charge in [-0.2, -0.15) is 0 Å². The van der Waals surface area contributed by atoms with Crippen LogP contribution in [0, 0.1) is 16.7 Å². The summed E-state index contributed by atoms with van der Waals surface area (Å²) in [5.41, 5.74) is 0.638. The van der Waals surface area contributed by atoms with Gasteiger partial charge in [-0.15, -0.1) is 0 Å². The van der Waals surface area contributed by atoms with Crippen molar-refractivity contribution in [2.24, 2.45) is 11.3 Å². The molecule has 0 spiro atoms. The van der Waals surface area contributed by atoms with Gasteiger partial charge in [0.25, 0.3) is 10.0 Å². The number of benzene rings is 1. The largest absolute Gasteiger partial charge is 0.355 e. The number of hydrogen-bond acceptors (Lipinski definition) is 4. The first-order chi connectivity index (χ1) is 16.2. The van der Waals surface area contributed by atoms with Crippen LogP contribution in [0.2, 0.25) is 0 Å². The van der Waals surface area contributed by atoms with Gasteiger partial charge in [-0.25, -0.2) is 12.7 Å². The predicted molar refractivity (Wildman–Crippen MR) is 134 cm³/mol. The second kappa shape index (κ2) is 10.1. The molecule has 1 saturated carbocycles. The zero-order chi connectivity index (χ0) is 24.3. The molecule has 3 aliphatic rings. The lowest BCUT2D eigenvalue weighted by Gasteiger charge is -2.34. The fourth-order valence-corrected chi connectivity index (χ4v) is 6.75. The molecule has 8 heteroatoms. The van der Waals surface area contributed by atoms with Crippen LogP contribution in [0.1, 0.15) is 64.4 Å². The lowest BCUT2D eigenvalue weighted by molar-refractivity contribution is -0.130. The Kier molecular flexibility index (Phi) is 7.36. The average molecular weight is 487 g/mol. The monoisotopic (exact) mass is 486 g/mol. The summed E-state index contributed by atoms with van der Waals surface area (Å²) >= 11 is 0. The Balaban J connectivity index is 1.32. The van der Waals surface area contributed by atoms with E-state index in [2.05, 4.69) is 24.4 Å². The second-order valence-corrected chi connectivity index (χ2v) is 12.3. The lowest BCUT2D eigenvalue weighted by Crippen LogP contribution is -2.43. The molecular formula is C26H38N4O3S. The van der Waals surface area contributed by atoms with E-state index >= 15 is 0 Å². The van der Waals surface area contributed by atoms with Gasteiger partial charge in [0.2, 0.25) is 11.9 Å². The minimum absolute atomic E-state index is 0.0839. The van der Waals surface area contributed by atoms with E-state index in [0.717, 1.165) is 50.5 Å². The highest BCUT2D eigenvalue weighted by Crippen LogP contribution is 2.32. The molecule has 1 atom stereocenters. The third kappa shape index (κ3) is 5.16. The van der Waals surface area contributed by atoms with Gasteiger partial charge in [-0.1, -0.05) is 38.1 Å². The standard InChI is InChI=1S/C26H38N4O3S/c1-20-6-10-22(11-7-20)29-18-19-30(25(29)27)34(32,33)23-12-8-21(9-13-23)14-17-28-24(31)26(2)15-4-3-5-16-26/h3-4,8-9,12-13,20,22,27H,5-7,10-11,14-19H2,1-2H3,(H,28,31). The molecule has 1 saturated heterocycles. The van der Waals surface area contributed by atoms with Crippen LogP contribution >= 0.6 is 0 Å². The van der Waals surface area contributed by atoms with E-state index in [-0.39, 0.29) is 28.2 Å². The maximum absolute atomic E-state index is 13.2. The fraction of sp³-hybridized carbons (Fsp3) is 0.615. The summed E-state index contributed by atoms with van der Waals surface area (Å²) < 4.78 is 27.7. The molecule has 1 aromatic carbocycles. The van der Waals surface area contributed by atoms with Crippen molar-refractivity contribution in [3.8, 4) is 0 Å². The van der Waals surface area contributed by atoms with Crippen LogP contribution in [0.5, 0.6) is 0 Å². The number of rotatable bonds is 7. The van der Waals surface area contributed by atoms with E-state index in [1.807, 2.05) is 24.0 Å². The summed E-state index contributed by atoms with van der Waals surface area (Å²) in [6.07, 6.45) is 11.8. The van der Waals surface area contributed by atoms with E-state index in [9.17, 15) is 13.2 Å². The molecule has 1 unspecified atom stereocenters. The summed E-state index contributed by atoms with van der Waals surface area (Å²) in [4.78, 5) is 14.8. The number of guanidine groups is 1. The number of nitrogens with one attached hydrogen (secondary N) is 2. The van der Waals surface area contributed by atoms with Gasteiger partial charge in [-0.3, -0.25) is 10.2 Å². The van der Waals surface area contributed by atoms with Crippen molar-refractivity contribution in [3.63, 3.8) is 0 Å². The maximum atomic E-state index is 13.2. The Morgan fingerprint density at radius 3 is 2.47 bits per heavy atom. The minimum atomic E-state index is -3.75. The first kappa shape index (κ1) is 24.8. The van der Waals surface area contributed by atoms with Crippen molar-refractivity contribution in [2.45, 2.75) is 76.2 Å². The van der Waals surface area contributed by atoms with E-state index in [1.165, 1.54) is 4.31 Å². The van der Waals surface area contributed by atoms with E-state index in [0.29, 0.717) is 32.0 Å². The van der Waals surface area contributed by atoms with E-state index in [1.54, 1.807) is 12.1 Å². The van der Waals surface area contributed by atoms with Crippen LogP contribution in [0.3, 0.4) is 0 Å². The van der Waals surface area contributed by atoms with E-state index in [4.69, 9.17) is 5.41 Å². The number of nitrogens with zero attached hydrogens (tertiary/aromatic N) is 2. The molecule has 0 bridgehead atoms. The highest BCUT2D eigenvalue weighted by molar-refractivity contribution is 7.89. The first-order valence-electron chi connectivity index (χ1n) is 12.6. The summed E-state index contributed by atoms with van der Waals surface area (Å²) in [5, 5.41) is 11.6. The molecule has 2 aliphatic carbocycles. The summed E-state index contributed by atoms with van der Waals surface area (Å²) in [7, 11) is -3.75. The topological polar surface area (TPSA) is 93.6 Å².